The first-order valence-corrected chi connectivity index (χ1v) is 6.84. The number of rotatable bonds is 5. The van der Waals surface area contributed by atoms with Crippen molar-refractivity contribution in [2.24, 2.45) is 0 Å². The molecule has 0 atom stereocenters. The number of benzene rings is 1. The van der Waals surface area contributed by atoms with E-state index in [9.17, 15) is 9.59 Å². The molecule has 0 spiro atoms. The summed E-state index contributed by atoms with van der Waals surface area (Å²) in [7, 11) is 0. The number of unbranched alkanes of at least 4 members (excludes halogenated alkanes) is 1. The minimum Gasteiger partial charge on any atom is -0.462 e. The van der Waals surface area contributed by atoms with Gasteiger partial charge in [-0.25, -0.2) is 9.59 Å². The van der Waals surface area contributed by atoms with Crippen LogP contribution in [0.3, 0.4) is 0 Å². The van der Waals surface area contributed by atoms with Crippen molar-refractivity contribution in [3.8, 4) is 0 Å². The monoisotopic (exact) mass is 278 g/mol. The molecule has 1 aromatic rings. The van der Waals surface area contributed by atoms with Gasteiger partial charge in [-0.1, -0.05) is 13.3 Å². The third-order valence-electron chi connectivity index (χ3n) is 2.49. The molecule has 4 nitrogen and oxygen atoms in total. The maximum Gasteiger partial charge on any atom is 0.338 e. The molecule has 0 aromatic heterocycles. The predicted octanol–water partition coefficient (Wildman–Crippen LogP) is 3.60. The summed E-state index contributed by atoms with van der Waals surface area (Å²) in [5.41, 5.74) is 0.327. The zero-order chi connectivity index (χ0) is 15.2. The van der Waals surface area contributed by atoms with Crippen molar-refractivity contribution in [1.82, 2.24) is 0 Å². The Morgan fingerprint density at radius 3 is 1.95 bits per heavy atom. The van der Waals surface area contributed by atoms with Gasteiger partial charge in [-0.15, -0.1) is 0 Å². The van der Waals surface area contributed by atoms with Crippen LogP contribution in [0.4, 0.5) is 0 Å². The van der Waals surface area contributed by atoms with Crippen LogP contribution < -0.4 is 0 Å². The van der Waals surface area contributed by atoms with Crippen molar-refractivity contribution >= 4 is 11.9 Å². The minimum atomic E-state index is -0.533. The molecular formula is C16H22O4. The normalized spacial score (nSPS) is 11.0. The van der Waals surface area contributed by atoms with Gasteiger partial charge >= 0.3 is 11.9 Å². The van der Waals surface area contributed by atoms with E-state index in [-0.39, 0.29) is 5.97 Å². The molecule has 1 aromatic carbocycles. The highest BCUT2D eigenvalue weighted by Crippen LogP contribution is 2.13. The van der Waals surface area contributed by atoms with E-state index in [1.165, 1.54) is 0 Å². The number of hydrogen-bond acceptors (Lipinski definition) is 4. The molecule has 0 unspecified atom stereocenters. The summed E-state index contributed by atoms with van der Waals surface area (Å²) in [4.78, 5) is 23.5. The van der Waals surface area contributed by atoms with E-state index in [0.717, 1.165) is 12.8 Å². The van der Waals surface area contributed by atoms with Crippen molar-refractivity contribution < 1.29 is 19.1 Å². The molecule has 0 amide bonds. The van der Waals surface area contributed by atoms with E-state index in [0.29, 0.717) is 17.7 Å². The van der Waals surface area contributed by atoms with Crippen LogP contribution in [0.2, 0.25) is 0 Å². The molecule has 0 heterocycles. The minimum absolute atomic E-state index is 0.366. The molecular weight excluding hydrogens is 256 g/mol. The van der Waals surface area contributed by atoms with Crippen molar-refractivity contribution in [3.05, 3.63) is 35.4 Å². The smallest absolute Gasteiger partial charge is 0.338 e. The van der Waals surface area contributed by atoms with Gasteiger partial charge in [0.05, 0.1) is 17.7 Å². The van der Waals surface area contributed by atoms with Gasteiger partial charge in [0.2, 0.25) is 0 Å². The molecule has 0 bridgehead atoms. The summed E-state index contributed by atoms with van der Waals surface area (Å²) in [5, 5.41) is 0. The Labute approximate surface area is 120 Å². The average molecular weight is 278 g/mol. The largest absolute Gasteiger partial charge is 0.462 e. The third kappa shape index (κ3) is 5.43. The standard InChI is InChI=1S/C16H22O4/c1-5-6-11-19-14(17)12-7-9-13(10-8-12)15(18)20-16(2,3)4/h7-10H,5-6,11H2,1-4H3. The van der Waals surface area contributed by atoms with Crippen molar-refractivity contribution in [2.45, 2.75) is 46.1 Å². The zero-order valence-corrected chi connectivity index (χ0v) is 12.6. The molecule has 0 N–H and O–H groups in total. The summed E-state index contributed by atoms with van der Waals surface area (Å²) < 4.78 is 10.3. The van der Waals surface area contributed by atoms with Gasteiger partial charge in [-0.2, -0.15) is 0 Å². The number of carbonyl (C=O) groups excluding carboxylic acids is 2. The second-order valence-corrected chi connectivity index (χ2v) is 5.57. The first-order chi connectivity index (χ1) is 9.33. The molecule has 20 heavy (non-hydrogen) atoms. The fraction of sp³-hybridized carbons (Fsp3) is 0.500. The van der Waals surface area contributed by atoms with Crippen LogP contribution in [0.25, 0.3) is 0 Å². The van der Waals surface area contributed by atoms with E-state index in [1.807, 2.05) is 27.7 Å². The van der Waals surface area contributed by atoms with E-state index < -0.39 is 11.6 Å². The summed E-state index contributed by atoms with van der Waals surface area (Å²) in [6, 6.07) is 6.30. The van der Waals surface area contributed by atoms with E-state index in [2.05, 4.69) is 0 Å². The van der Waals surface area contributed by atoms with Crippen LogP contribution in [0, 0.1) is 0 Å². The maximum atomic E-state index is 11.8. The Hall–Kier alpha value is -1.84. The van der Waals surface area contributed by atoms with Crippen LogP contribution in [-0.2, 0) is 9.47 Å². The Bertz CT molecular complexity index is 454. The van der Waals surface area contributed by atoms with Gasteiger partial charge in [0.1, 0.15) is 5.60 Å². The highest BCUT2D eigenvalue weighted by atomic mass is 16.6. The summed E-state index contributed by atoms with van der Waals surface area (Å²) in [5.74, 6) is -0.766. The lowest BCUT2D eigenvalue weighted by atomic mass is 10.1. The van der Waals surface area contributed by atoms with Crippen LogP contribution in [0.5, 0.6) is 0 Å². The van der Waals surface area contributed by atoms with E-state index >= 15 is 0 Å². The molecule has 110 valence electrons. The predicted molar refractivity (Wildman–Crippen MR) is 76.8 cm³/mol. The molecule has 0 fully saturated rings. The Morgan fingerprint density at radius 2 is 1.50 bits per heavy atom. The van der Waals surface area contributed by atoms with E-state index in [4.69, 9.17) is 9.47 Å². The summed E-state index contributed by atoms with van der Waals surface area (Å²) in [6.45, 7) is 7.88. The molecule has 4 heteroatoms. The third-order valence-corrected chi connectivity index (χ3v) is 2.49. The first-order valence-electron chi connectivity index (χ1n) is 6.84. The highest BCUT2D eigenvalue weighted by molar-refractivity contribution is 5.93. The lowest BCUT2D eigenvalue weighted by molar-refractivity contribution is 0.00690. The van der Waals surface area contributed by atoms with Crippen molar-refractivity contribution in [2.75, 3.05) is 6.61 Å². The second-order valence-electron chi connectivity index (χ2n) is 5.57. The number of carbonyl (C=O) groups is 2. The van der Waals surface area contributed by atoms with Crippen LogP contribution in [0.1, 0.15) is 61.3 Å². The van der Waals surface area contributed by atoms with Gasteiger partial charge in [0.15, 0.2) is 0 Å². The molecule has 0 saturated carbocycles. The van der Waals surface area contributed by atoms with Crippen LogP contribution in [0.15, 0.2) is 24.3 Å². The first kappa shape index (κ1) is 16.2. The molecule has 0 aliphatic heterocycles. The molecule has 0 radical (unpaired) electrons. The number of esters is 2. The van der Waals surface area contributed by atoms with Gasteiger partial charge in [-0.05, 0) is 51.5 Å². The second kappa shape index (κ2) is 7.08. The fourth-order valence-corrected chi connectivity index (χ4v) is 1.47. The Morgan fingerprint density at radius 1 is 1.00 bits per heavy atom. The number of hydrogen-bond donors (Lipinski definition) is 0. The van der Waals surface area contributed by atoms with Gasteiger partial charge in [-0.3, -0.25) is 0 Å². The summed E-state index contributed by atoms with van der Waals surface area (Å²) >= 11 is 0. The van der Waals surface area contributed by atoms with Crippen molar-refractivity contribution in [3.63, 3.8) is 0 Å². The van der Waals surface area contributed by atoms with Gasteiger partial charge in [0.25, 0.3) is 0 Å². The SMILES string of the molecule is CCCCOC(=O)c1ccc(C(=O)OC(C)(C)C)cc1. The fourth-order valence-electron chi connectivity index (χ4n) is 1.47. The molecule has 0 aliphatic carbocycles. The summed E-state index contributed by atoms with van der Waals surface area (Å²) in [6.07, 6.45) is 1.83. The van der Waals surface area contributed by atoms with Gasteiger partial charge < -0.3 is 9.47 Å². The lowest BCUT2D eigenvalue weighted by Gasteiger charge is -2.19. The Balaban J connectivity index is 2.64. The Kier molecular flexibility index (Phi) is 5.74. The van der Waals surface area contributed by atoms with Crippen molar-refractivity contribution in [1.29, 1.82) is 0 Å². The van der Waals surface area contributed by atoms with Gasteiger partial charge in [0, 0.05) is 0 Å². The van der Waals surface area contributed by atoms with Crippen LogP contribution >= 0.6 is 0 Å². The topological polar surface area (TPSA) is 52.6 Å². The molecule has 0 aliphatic rings. The zero-order valence-electron chi connectivity index (χ0n) is 12.6. The highest BCUT2D eigenvalue weighted by Gasteiger charge is 2.18. The quantitative estimate of drug-likeness (QED) is 0.610. The number of ether oxygens (including phenoxy) is 2. The van der Waals surface area contributed by atoms with E-state index in [1.54, 1.807) is 24.3 Å². The molecule has 1 rings (SSSR count). The van der Waals surface area contributed by atoms with Crippen LogP contribution in [-0.4, -0.2) is 24.1 Å². The molecule has 0 saturated heterocycles. The maximum absolute atomic E-state index is 11.8. The average Bonchev–Trinajstić information content (AvgIpc) is 2.37. The lowest BCUT2D eigenvalue weighted by Crippen LogP contribution is -2.23.